The molecule has 0 aliphatic carbocycles. The zero-order valence-electron chi connectivity index (χ0n) is 12.4. The van der Waals surface area contributed by atoms with E-state index in [1.807, 2.05) is 6.92 Å². The van der Waals surface area contributed by atoms with Gasteiger partial charge < -0.3 is 9.88 Å². The average molecular weight is 258 g/mol. The fourth-order valence-corrected chi connectivity index (χ4v) is 3.47. The first-order chi connectivity index (χ1) is 9.41. The van der Waals surface area contributed by atoms with Gasteiger partial charge in [-0.1, -0.05) is 22.0 Å². The van der Waals surface area contributed by atoms with E-state index in [4.69, 9.17) is 23.5 Å². The van der Waals surface area contributed by atoms with Crippen LogP contribution >= 0.6 is 0 Å². The first-order valence-electron chi connectivity index (χ1n) is 7.05. The summed E-state index contributed by atoms with van der Waals surface area (Å²) in [6, 6.07) is 0. The number of nitrogens with one attached hydrogen (secondary N) is 1. The highest BCUT2D eigenvalue weighted by Crippen LogP contribution is 2.33. The minimum atomic E-state index is 0.512. The van der Waals surface area contributed by atoms with Gasteiger partial charge in [-0.3, -0.25) is 0 Å². The number of rotatable bonds is 1. The molecule has 1 unspecified atom stereocenters. The number of aromatic amines is 1. The topological polar surface area (TPSA) is 19.0 Å². The van der Waals surface area contributed by atoms with E-state index in [9.17, 15) is 0 Å². The largest absolute Gasteiger partial charge is 0.359 e. The molecule has 2 nitrogen and oxygen atoms in total. The van der Waals surface area contributed by atoms with Crippen molar-refractivity contribution in [1.82, 2.24) is 9.88 Å². The zero-order chi connectivity index (χ0) is 14.6. The van der Waals surface area contributed by atoms with E-state index in [2.05, 4.69) is 23.9 Å². The molecule has 1 aliphatic rings. The van der Waals surface area contributed by atoms with Crippen LogP contribution in [0.5, 0.6) is 0 Å². The van der Waals surface area contributed by atoms with E-state index < -0.39 is 0 Å². The Morgan fingerprint density at radius 1 is 1.10 bits per heavy atom. The third-order valence-corrected chi connectivity index (χ3v) is 4.67. The highest BCUT2D eigenvalue weighted by atomic mass is 15.1. The van der Waals surface area contributed by atoms with Gasteiger partial charge in [0.2, 0.25) is 0 Å². The van der Waals surface area contributed by atoms with Crippen molar-refractivity contribution in [1.29, 1.82) is 0 Å². The van der Waals surface area contributed by atoms with Crippen LogP contribution in [0, 0.1) is 13.8 Å². The van der Waals surface area contributed by atoms with E-state index in [0.717, 1.165) is 47.1 Å². The monoisotopic (exact) mass is 258 g/mol. The van der Waals surface area contributed by atoms with E-state index in [1.54, 1.807) is 0 Å². The Labute approximate surface area is 124 Å². The van der Waals surface area contributed by atoms with Gasteiger partial charge in [0.1, 0.15) is 23.5 Å². The minimum Gasteiger partial charge on any atom is -0.359 e. The van der Waals surface area contributed by atoms with Gasteiger partial charge in [0.05, 0.1) is 0 Å². The normalized spacial score (nSPS) is 20.1. The van der Waals surface area contributed by atoms with Crippen molar-refractivity contribution in [3.63, 3.8) is 0 Å². The van der Waals surface area contributed by atoms with Gasteiger partial charge in [-0.05, 0) is 44.8 Å². The fourth-order valence-electron chi connectivity index (χ4n) is 3.47. The molecule has 1 atom stereocenters. The summed E-state index contributed by atoms with van der Waals surface area (Å²) in [5, 5.41) is 1.08. The van der Waals surface area contributed by atoms with Crippen molar-refractivity contribution in [2.45, 2.75) is 26.2 Å². The molecule has 1 N–H and O–H groups in total. The summed E-state index contributed by atoms with van der Waals surface area (Å²) < 4.78 is 0. The minimum absolute atomic E-state index is 0.512. The zero-order valence-corrected chi connectivity index (χ0v) is 12.4. The molecule has 2 heterocycles. The number of fused-ring (bicyclic) bond motifs is 1. The fraction of sp³-hybridized carbons (Fsp3) is 0.467. The Hall–Kier alpha value is -1.09. The smallest absolute Gasteiger partial charge is 0.115 e. The van der Waals surface area contributed by atoms with Crippen molar-refractivity contribution in [2.75, 3.05) is 20.1 Å². The lowest BCUT2D eigenvalue weighted by molar-refractivity contribution is 0.411. The summed E-state index contributed by atoms with van der Waals surface area (Å²) in [4.78, 5) is 5.75. The van der Waals surface area contributed by atoms with Crippen LogP contribution in [0.2, 0.25) is 0 Å². The number of aryl methyl sites for hydroxylation is 1. The van der Waals surface area contributed by atoms with E-state index in [0.29, 0.717) is 16.8 Å². The maximum Gasteiger partial charge on any atom is 0.115 e. The van der Waals surface area contributed by atoms with Gasteiger partial charge in [-0.2, -0.15) is 0 Å². The maximum absolute atomic E-state index is 6.34. The SMILES string of the molecule is [B]c1c(C)c([B])c2c(C3CCN(C)C3)c(C)[nH]c2c1[B]. The second kappa shape index (κ2) is 4.73. The van der Waals surface area contributed by atoms with Crippen LogP contribution < -0.4 is 16.4 Å². The number of aromatic nitrogens is 1. The molecule has 1 aromatic carbocycles. The van der Waals surface area contributed by atoms with Crippen LogP contribution in [-0.4, -0.2) is 53.6 Å². The van der Waals surface area contributed by atoms with Crippen molar-refractivity contribution in [3.05, 3.63) is 16.8 Å². The number of likely N-dealkylation sites (N-methyl/N-ethyl adjacent to an activating group) is 1. The first-order valence-corrected chi connectivity index (χ1v) is 7.05. The van der Waals surface area contributed by atoms with Gasteiger partial charge in [0.25, 0.3) is 0 Å². The van der Waals surface area contributed by atoms with Gasteiger partial charge in [0, 0.05) is 23.7 Å². The number of benzene rings is 1. The lowest BCUT2D eigenvalue weighted by atomic mass is 9.70. The van der Waals surface area contributed by atoms with E-state index in [-0.39, 0.29) is 0 Å². The number of hydrogen-bond donors (Lipinski definition) is 1. The number of H-pyrrole nitrogens is 1. The van der Waals surface area contributed by atoms with E-state index >= 15 is 0 Å². The molecule has 0 spiro atoms. The molecular formula is C15H17B3N2. The summed E-state index contributed by atoms with van der Waals surface area (Å²) in [5.74, 6) is 0.512. The van der Waals surface area contributed by atoms with Crippen molar-refractivity contribution in [2.24, 2.45) is 0 Å². The highest BCUT2D eigenvalue weighted by molar-refractivity contribution is 6.56. The molecule has 2 aromatic rings. The molecule has 1 aromatic heterocycles. The average Bonchev–Trinajstić information content (AvgIpc) is 2.97. The van der Waals surface area contributed by atoms with Crippen molar-refractivity contribution >= 4 is 50.8 Å². The molecule has 0 amide bonds. The maximum atomic E-state index is 6.34. The Morgan fingerprint density at radius 3 is 2.40 bits per heavy atom. The van der Waals surface area contributed by atoms with Gasteiger partial charge in [-0.15, -0.1) is 0 Å². The molecule has 5 heteroatoms. The summed E-state index contributed by atoms with van der Waals surface area (Å²) in [7, 11) is 20.7. The summed E-state index contributed by atoms with van der Waals surface area (Å²) in [6.45, 7) is 6.22. The molecule has 1 fully saturated rings. The molecule has 96 valence electrons. The lowest BCUT2D eigenvalue weighted by Crippen LogP contribution is -2.35. The lowest BCUT2D eigenvalue weighted by Gasteiger charge is -2.16. The molecule has 1 aliphatic heterocycles. The Balaban J connectivity index is 2.30. The second-order valence-corrected chi connectivity index (χ2v) is 6.03. The first kappa shape index (κ1) is 13.9. The summed E-state index contributed by atoms with van der Waals surface area (Å²) in [5.41, 5.74) is 6.23. The highest BCUT2D eigenvalue weighted by Gasteiger charge is 2.27. The standard InChI is InChI=1S/C15H17B3N2/c1-7-12(16)11-10(9-4-5-20(3)6-9)8(2)19-15(11)14(18)13(7)17/h9,19H,4-6H2,1-3H3. The number of likely N-dealkylation sites (tertiary alicyclic amines) is 1. The second-order valence-electron chi connectivity index (χ2n) is 6.03. The third kappa shape index (κ3) is 1.87. The molecule has 3 rings (SSSR count). The van der Waals surface area contributed by atoms with Gasteiger partial charge in [0.15, 0.2) is 0 Å². The van der Waals surface area contributed by atoms with Crippen molar-refractivity contribution in [3.8, 4) is 0 Å². The van der Waals surface area contributed by atoms with Crippen LogP contribution in [0.25, 0.3) is 10.9 Å². The number of hydrogen-bond acceptors (Lipinski definition) is 1. The van der Waals surface area contributed by atoms with Gasteiger partial charge in [-0.25, -0.2) is 0 Å². The molecular weight excluding hydrogens is 241 g/mol. The van der Waals surface area contributed by atoms with Crippen LogP contribution in [0.4, 0.5) is 0 Å². The van der Waals surface area contributed by atoms with Crippen molar-refractivity contribution < 1.29 is 0 Å². The van der Waals surface area contributed by atoms with Gasteiger partial charge >= 0.3 is 0 Å². The summed E-state index contributed by atoms with van der Waals surface area (Å²) in [6.07, 6.45) is 1.16. The van der Waals surface area contributed by atoms with Crippen LogP contribution in [-0.2, 0) is 0 Å². The van der Waals surface area contributed by atoms with Crippen LogP contribution in [0.3, 0.4) is 0 Å². The Morgan fingerprint density at radius 2 is 1.80 bits per heavy atom. The predicted octanol–water partition coefficient (Wildman–Crippen LogP) is -0.415. The predicted molar refractivity (Wildman–Crippen MR) is 88.8 cm³/mol. The molecule has 6 radical (unpaired) electrons. The Bertz CT molecular complexity index is 690. The molecule has 0 saturated carbocycles. The van der Waals surface area contributed by atoms with Crippen LogP contribution in [0.1, 0.15) is 29.2 Å². The van der Waals surface area contributed by atoms with Crippen LogP contribution in [0.15, 0.2) is 0 Å². The summed E-state index contributed by atoms with van der Waals surface area (Å²) >= 11 is 0. The molecule has 0 bridgehead atoms. The number of nitrogens with zero attached hydrogens (tertiary/aromatic N) is 1. The van der Waals surface area contributed by atoms with E-state index in [1.165, 1.54) is 5.56 Å². The Kier molecular flexibility index (Phi) is 3.28. The third-order valence-electron chi connectivity index (χ3n) is 4.67. The quantitative estimate of drug-likeness (QED) is 0.688. The molecule has 1 saturated heterocycles. The molecule has 20 heavy (non-hydrogen) atoms.